The molecule has 4 aromatic rings. The van der Waals surface area contributed by atoms with Crippen LogP contribution >= 0.6 is 0 Å². The van der Waals surface area contributed by atoms with Crippen molar-refractivity contribution < 1.29 is 48.5 Å². The zero-order chi connectivity index (χ0) is 26.4. The third-order valence-corrected chi connectivity index (χ3v) is 6.14. The molecule has 3 aromatic heterocycles. The minimum absolute atomic E-state index is 0. The predicted molar refractivity (Wildman–Crippen MR) is 147 cm³/mol. The van der Waals surface area contributed by atoms with Crippen LogP contribution in [0.3, 0.4) is 0 Å². The van der Waals surface area contributed by atoms with Gasteiger partial charge in [0.05, 0.1) is 0 Å². The Kier molecular flexibility index (Phi) is 12.1. The number of carbonyl (C=O) groups excluding carboxylic acids is 3. The summed E-state index contributed by atoms with van der Waals surface area (Å²) in [6.45, 7) is 7.44. The van der Waals surface area contributed by atoms with Crippen molar-refractivity contribution in [3.05, 3.63) is 79.5 Å². The first-order chi connectivity index (χ1) is 17.9. The molecule has 1 aliphatic rings. The van der Waals surface area contributed by atoms with Gasteiger partial charge in [0.1, 0.15) is 18.0 Å². The maximum atomic E-state index is 13.0. The van der Waals surface area contributed by atoms with Gasteiger partial charge in [-0.1, -0.05) is 56.6 Å². The number of unbranched alkanes of at least 4 members (excludes halogenated alkanes) is 1. The number of amides is 2. The number of ketones is 1. The number of pyridine rings is 1. The van der Waals surface area contributed by atoms with Crippen molar-refractivity contribution in [3.8, 4) is 5.82 Å². The van der Waals surface area contributed by atoms with Gasteiger partial charge in [-0.05, 0) is 30.8 Å². The van der Waals surface area contributed by atoms with Crippen molar-refractivity contribution in [3.63, 3.8) is 0 Å². The minimum atomic E-state index is -0.632. The number of rotatable bonds is 5. The molecule has 1 aromatic carbocycles. The van der Waals surface area contributed by atoms with Crippen LogP contribution in [0.1, 0.15) is 54.7 Å². The van der Waals surface area contributed by atoms with Crippen LogP contribution in [0.2, 0.25) is 0 Å². The summed E-state index contributed by atoms with van der Waals surface area (Å²) < 4.78 is 1.50. The molecular formula is C28H35N7O3Y-2. The number of carbonyl (C=O) groups is 3. The van der Waals surface area contributed by atoms with Crippen molar-refractivity contribution in [2.75, 3.05) is 26.2 Å². The van der Waals surface area contributed by atoms with Crippen LogP contribution in [0.4, 0.5) is 0 Å². The van der Waals surface area contributed by atoms with Crippen molar-refractivity contribution in [2.24, 2.45) is 0 Å². The van der Waals surface area contributed by atoms with Crippen LogP contribution in [-0.2, 0) is 37.5 Å². The molecule has 0 atom stereocenters. The molecule has 0 spiro atoms. The van der Waals surface area contributed by atoms with E-state index in [0.29, 0.717) is 54.3 Å². The fraction of sp³-hybridized carbons (Fsp3) is 0.321. The van der Waals surface area contributed by atoms with E-state index >= 15 is 0 Å². The van der Waals surface area contributed by atoms with Gasteiger partial charge in [-0.15, -0.1) is 0 Å². The van der Waals surface area contributed by atoms with E-state index in [1.165, 1.54) is 41.1 Å². The molecule has 205 valence electrons. The molecule has 39 heavy (non-hydrogen) atoms. The fourth-order valence-corrected chi connectivity index (χ4v) is 3.91. The quantitative estimate of drug-likeness (QED) is 0.209. The number of aryl methyl sites for hydroxylation is 1. The number of hydrogen-bond donors (Lipinski definition) is 1. The van der Waals surface area contributed by atoms with E-state index in [2.05, 4.69) is 40.0 Å². The Bertz CT molecular complexity index is 1400. The summed E-state index contributed by atoms with van der Waals surface area (Å²) in [6, 6.07) is 12.0. The van der Waals surface area contributed by atoms with Crippen LogP contribution in [0.25, 0.3) is 16.7 Å². The van der Waals surface area contributed by atoms with Gasteiger partial charge >= 0.3 is 0 Å². The number of aromatic nitrogens is 5. The van der Waals surface area contributed by atoms with E-state index in [1.54, 1.807) is 24.0 Å². The summed E-state index contributed by atoms with van der Waals surface area (Å²) >= 11 is 0. The second kappa shape index (κ2) is 14.8. The third kappa shape index (κ3) is 7.25. The number of nitrogens with one attached hydrogen (secondary N) is 1. The standard InChI is InChI=1S/C23H20N7O3.C4H10.CH3.Y.H2/c1-15-26-14-30(27-15)21-19-17(7-8-24-21)18(13-25-19)20(31)23(33)29-11-9-28(10-12-29)22(32)16-5-3-2-4-6-16;1-3-4-2;;;/h2-6,8,13-14,25H,9-12H2,1H3;3-4H2,1-2H3;1H3;;1H/q-1;;-1;;. The van der Waals surface area contributed by atoms with Gasteiger partial charge in [-0.2, -0.15) is 16.6 Å². The normalized spacial score (nSPS) is 12.6. The first kappa shape index (κ1) is 32.0. The van der Waals surface area contributed by atoms with E-state index in [4.69, 9.17) is 0 Å². The number of piperazine rings is 1. The number of hydrogen-bond acceptors (Lipinski definition) is 6. The number of benzene rings is 1. The zero-order valence-corrected chi connectivity index (χ0v) is 25.7. The molecule has 1 aliphatic heterocycles. The molecule has 1 N–H and O–H groups in total. The van der Waals surface area contributed by atoms with Crippen LogP contribution in [0.5, 0.6) is 0 Å². The topological polar surface area (TPSA) is 117 Å². The molecule has 11 heteroatoms. The summed E-state index contributed by atoms with van der Waals surface area (Å²) in [5.41, 5.74) is 1.37. The van der Waals surface area contributed by atoms with Gasteiger partial charge in [0.25, 0.3) is 11.8 Å². The SMILES string of the molecule is CCCC.Cc1ncn(-c2nc[c-]c3c(C(=O)C(=O)N4CCN(C(=O)c5ccccc5)CC4)c[nH]c23)n1.[CH3-].[HH].[Y]. The second-order valence-corrected chi connectivity index (χ2v) is 8.69. The van der Waals surface area contributed by atoms with Crippen LogP contribution in [-0.4, -0.2) is 78.3 Å². The molecule has 4 heterocycles. The number of fused-ring (bicyclic) bond motifs is 1. The Morgan fingerprint density at radius 3 is 2.23 bits per heavy atom. The summed E-state index contributed by atoms with van der Waals surface area (Å²) in [5.74, 6) is -0.272. The van der Waals surface area contributed by atoms with Crippen LogP contribution < -0.4 is 0 Å². The molecule has 0 unspecified atom stereocenters. The number of Topliss-reactive ketones (excluding diaryl/α,β-unsaturated/α-hetero) is 1. The van der Waals surface area contributed by atoms with Gasteiger partial charge in [-0.25, -0.2) is 9.67 Å². The van der Waals surface area contributed by atoms with Crippen LogP contribution in [0, 0.1) is 20.4 Å². The predicted octanol–water partition coefficient (Wildman–Crippen LogP) is 3.92. The average molecular weight is 607 g/mol. The smallest absolute Gasteiger partial charge is 0.282 e. The number of nitrogens with zero attached hydrogens (tertiary/aromatic N) is 6. The molecule has 0 aliphatic carbocycles. The molecule has 1 saturated heterocycles. The third-order valence-electron chi connectivity index (χ3n) is 6.14. The number of H-pyrrole nitrogens is 1. The average Bonchev–Trinajstić information content (AvgIpc) is 3.59. The van der Waals surface area contributed by atoms with Gasteiger partial charge in [0.15, 0.2) is 5.78 Å². The zero-order valence-electron chi connectivity index (χ0n) is 22.8. The van der Waals surface area contributed by atoms with Gasteiger partial charge < -0.3 is 22.2 Å². The molecule has 0 bridgehead atoms. The summed E-state index contributed by atoms with van der Waals surface area (Å²) in [5, 5.41) is 4.72. The first-order valence-corrected chi connectivity index (χ1v) is 12.4. The largest absolute Gasteiger partial charge is 0.420 e. The van der Waals surface area contributed by atoms with E-state index in [-0.39, 0.29) is 53.0 Å². The van der Waals surface area contributed by atoms with Crippen molar-refractivity contribution in [2.45, 2.75) is 33.6 Å². The number of aromatic amines is 1. The second-order valence-electron chi connectivity index (χ2n) is 8.69. The Balaban J connectivity index is 0.00000107. The van der Waals surface area contributed by atoms with Gasteiger partial charge in [-0.3, -0.25) is 19.4 Å². The molecule has 0 saturated carbocycles. The Morgan fingerprint density at radius 2 is 1.64 bits per heavy atom. The maximum Gasteiger partial charge on any atom is 0.282 e. The Labute approximate surface area is 255 Å². The van der Waals surface area contributed by atoms with Crippen LogP contribution in [0.15, 0.2) is 49.1 Å². The fourth-order valence-electron chi connectivity index (χ4n) is 3.91. The molecule has 1 fully saturated rings. The van der Waals surface area contributed by atoms with E-state index in [1.807, 2.05) is 18.2 Å². The van der Waals surface area contributed by atoms with Gasteiger partial charge in [0.2, 0.25) is 0 Å². The minimum Gasteiger partial charge on any atom is -0.420 e. The van der Waals surface area contributed by atoms with Crippen molar-refractivity contribution in [1.29, 1.82) is 0 Å². The molecular weight excluding hydrogens is 571 g/mol. The summed E-state index contributed by atoms with van der Waals surface area (Å²) in [4.78, 5) is 53.2. The molecule has 1 radical (unpaired) electrons. The Hall–Kier alpha value is -3.24. The van der Waals surface area contributed by atoms with Gasteiger partial charge in [0, 0.05) is 65.9 Å². The van der Waals surface area contributed by atoms with E-state index < -0.39 is 11.7 Å². The molecule has 10 nitrogen and oxygen atoms in total. The van der Waals surface area contributed by atoms with Crippen molar-refractivity contribution >= 4 is 28.5 Å². The summed E-state index contributed by atoms with van der Waals surface area (Å²) in [6.07, 6.45) is 7.10. The Morgan fingerprint density at radius 1 is 1.00 bits per heavy atom. The van der Waals surface area contributed by atoms with E-state index in [0.717, 1.165) is 0 Å². The maximum absolute atomic E-state index is 13.0. The van der Waals surface area contributed by atoms with E-state index in [9.17, 15) is 14.4 Å². The summed E-state index contributed by atoms with van der Waals surface area (Å²) in [7, 11) is 0. The molecule has 2 amide bonds. The first-order valence-electron chi connectivity index (χ1n) is 12.4. The molecule has 5 rings (SSSR count). The van der Waals surface area contributed by atoms with Crippen molar-refractivity contribution in [1.82, 2.24) is 34.5 Å². The monoisotopic (exact) mass is 606 g/mol.